The average Bonchev–Trinajstić information content (AvgIpc) is 2.16. The maximum Gasteiger partial charge on any atom is 0.187 e. The van der Waals surface area contributed by atoms with Crippen molar-refractivity contribution in [3.63, 3.8) is 0 Å². The molecule has 0 fully saturated rings. The minimum absolute atomic E-state index is 0.294. The Morgan fingerprint density at radius 2 is 2.07 bits per heavy atom. The first-order chi connectivity index (χ1) is 6.70. The number of nitrogens with zero attached hydrogens (tertiary/aromatic N) is 2. The number of aromatic nitrogens is 2. The van der Waals surface area contributed by atoms with Crippen LogP contribution in [0.1, 0.15) is 23.4 Å². The van der Waals surface area contributed by atoms with E-state index >= 15 is 0 Å². The lowest BCUT2D eigenvalue weighted by Gasteiger charge is -2.16. The number of Topliss-reactive ketones (excluding diaryl/α,β-unsaturated/α-hetero) is 1. The van der Waals surface area contributed by atoms with Crippen molar-refractivity contribution in [3.8, 4) is 0 Å². The van der Waals surface area contributed by atoms with Gasteiger partial charge in [0.25, 0.3) is 0 Å². The van der Waals surface area contributed by atoms with E-state index in [2.05, 4.69) is 9.97 Å². The van der Waals surface area contributed by atoms with Crippen LogP contribution in [0.2, 0.25) is 0 Å². The summed E-state index contributed by atoms with van der Waals surface area (Å²) in [5.74, 6) is 0.294. The molecule has 0 saturated heterocycles. The van der Waals surface area contributed by atoms with Gasteiger partial charge in [-0.25, -0.2) is 9.97 Å². The first-order valence-corrected chi connectivity index (χ1v) is 5.85. The molecule has 0 atom stereocenters. The van der Waals surface area contributed by atoms with E-state index in [0.717, 1.165) is 23.0 Å². The maximum absolute atomic E-state index is 11.3. The molecule has 0 spiro atoms. The third-order valence-electron chi connectivity index (χ3n) is 2.48. The molecule has 1 aliphatic carbocycles. The van der Waals surface area contributed by atoms with E-state index in [9.17, 15) is 4.79 Å². The van der Waals surface area contributed by atoms with Gasteiger partial charge in [0, 0.05) is 18.5 Å². The monoisotopic (exact) mass is 208 g/mol. The Hall–Kier alpha value is -0.900. The van der Waals surface area contributed by atoms with Crippen LogP contribution in [-0.2, 0) is 17.6 Å². The summed E-state index contributed by atoms with van der Waals surface area (Å²) in [4.78, 5) is 20.0. The number of hydrogen-bond donors (Lipinski definition) is 0. The van der Waals surface area contributed by atoms with Gasteiger partial charge in [-0.3, -0.25) is 4.79 Å². The van der Waals surface area contributed by atoms with Crippen LogP contribution < -0.4 is 0 Å². The predicted octanol–water partition coefficient (Wildman–Crippen LogP) is 1.56. The van der Waals surface area contributed by atoms with Crippen LogP contribution >= 0.6 is 11.8 Å². The van der Waals surface area contributed by atoms with E-state index in [0.29, 0.717) is 18.6 Å². The highest BCUT2D eigenvalue weighted by molar-refractivity contribution is 7.98. The van der Waals surface area contributed by atoms with Crippen molar-refractivity contribution in [1.29, 1.82) is 0 Å². The van der Waals surface area contributed by atoms with Gasteiger partial charge < -0.3 is 0 Å². The standard InChI is InChI=1S/C10H12N2OS/c1-6-8-4-3-7(13)5-9(8)12-10(11-6)14-2/h3-5H2,1-2H3. The Balaban J connectivity index is 2.48. The van der Waals surface area contributed by atoms with Crippen LogP contribution in [0, 0.1) is 6.92 Å². The lowest BCUT2D eigenvalue weighted by molar-refractivity contribution is -0.118. The van der Waals surface area contributed by atoms with E-state index in [1.807, 2.05) is 13.2 Å². The quantitative estimate of drug-likeness (QED) is 0.519. The van der Waals surface area contributed by atoms with Crippen LogP contribution in [0.5, 0.6) is 0 Å². The van der Waals surface area contributed by atoms with E-state index in [1.165, 1.54) is 17.3 Å². The molecule has 0 radical (unpaired) electrons. The first kappa shape index (κ1) is 9.65. The van der Waals surface area contributed by atoms with Crippen molar-refractivity contribution in [3.05, 3.63) is 17.0 Å². The smallest absolute Gasteiger partial charge is 0.187 e. The van der Waals surface area contributed by atoms with Crippen molar-refractivity contribution in [2.45, 2.75) is 31.3 Å². The number of rotatable bonds is 1. The number of ketones is 1. The topological polar surface area (TPSA) is 42.9 Å². The second-order valence-electron chi connectivity index (χ2n) is 3.44. The summed E-state index contributed by atoms with van der Waals surface area (Å²) in [5.41, 5.74) is 3.16. The highest BCUT2D eigenvalue weighted by Crippen LogP contribution is 2.22. The van der Waals surface area contributed by atoms with Gasteiger partial charge in [0.1, 0.15) is 5.78 Å². The van der Waals surface area contributed by atoms with Gasteiger partial charge in [0.15, 0.2) is 5.16 Å². The van der Waals surface area contributed by atoms with Crippen molar-refractivity contribution in [1.82, 2.24) is 9.97 Å². The van der Waals surface area contributed by atoms with Gasteiger partial charge >= 0.3 is 0 Å². The normalized spacial score (nSPS) is 15.4. The summed E-state index contributed by atoms with van der Waals surface area (Å²) in [6.45, 7) is 2.00. The molecule has 2 rings (SSSR count). The highest BCUT2D eigenvalue weighted by Gasteiger charge is 2.19. The lowest BCUT2D eigenvalue weighted by Crippen LogP contribution is -2.17. The molecule has 14 heavy (non-hydrogen) atoms. The van der Waals surface area contributed by atoms with Gasteiger partial charge in [-0.15, -0.1) is 0 Å². The van der Waals surface area contributed by atoms with Crippen molar-refractivity contribution >= 4 is 17.5 Å². The molecule has 0 amide bonds. The van der Waals surface area contributed by atoms with Gasteiger partial charge in [-0.1, -0.05) is 11.8 Å². The number of carbonyl (C=O) groups excluding carboxylic acids is 1. The molecule has 0 unspecified atom stereocenters. The molecule has 0 aliphatic heterocycles. The van der Waals surface area contributed by atoms with Crippen molar-refractivity contribution < 1.29 is 4.79 Å². The third kappa shape index (κ3) is 1.66. The molecular formula is C10H12N2OS. The van der Waals surface area contributed by atoms with E-state index in [1.54, 1.807) is 0 Å². The number of aryl methyl sites for hydroxylation is 1. The first-order valence-electron chi connectivity index (χ1n) is 4.63. The lowest BCUT2D eigenvalue weighted by atomic mass is 9.94. The summed E-state index contributed by atoms with van der Waals surface area (Å²) < 4.78 is 0. The molecular weight excluding hydrogens is 196 g/mol. The Labute approximate surface area is 87.3 Å². The molecule has 0 saturated carbocycles. The largest absolute Gasteiger partial charge is 0.299 e. The van der Waals surface area contributed by atoms with Crippen LogP contribution in [0.3, 0.4) is 0 Å². The molecule has 1 aliphatic rings. The molecule has 0 bridgehead atoms. The number of thioether (sulfide) groups is 1. The molecule has 1 aromatic rings. The van der Waals surface area contributed by atoms with Crippen molar-refractivity contribution in [2.24, 2.45) is 0 Å². The highest BCUT2D eigenvalue weighted by atomic mass is 32.2. The zero-order valence-electron chi connectivity index (χ0n) is 8.33. The Morgan fingerprint density at radius 1 is 1.29 bits per heavy atom. The van der Waals surface area contributed by atoms with E-state index < -0.39 is 0 Å². The maximum atomic E-state index is 11.3. The fourth-order valence-corrected chi connectivity index (χ4v) is 2.16. The Morgan fingerprint density at radius 3 is 2.79 bits per heavy atom. The number of carbonyl (C=O) groups is 1. The molecule has 74 valence electrons. The minimum Gasteiger partial charge on any atom is -0.299 e. The summed E-state index contributed by atoms with van der Waals surface area (Å²) in [6.07, 6.45) is 3.91. The zero-order chi connectivity index (χ0) is 10.1. The van der Waals surface area contributed by atoms with E-state index in [-0.39, 0.29) is 0 Å². The van der Waals surface area contributed by atoms with Gasteiger partial charge in [-0.05, 0) is 25.2 Å². The second-order valence-corrected chi connectivity index (χ2v) is 4.21. The summed E-state index contributed by atoms with van der Waals surface area (Å²) in [6, 6.07) is 0. The van der Waals surface area contributed by atoms with Crippen LogP contribution in [-0.4, -0.2) is 22.0 Å². The molecule has 0 N–H and O–H groups in total. The minimum atomic E-state index is 0.294. The summed E-state index contributed by atoms with van der Waals surface area (Å²) in [7, 11) is 0. The molecule has 3 nitrogen and oxygen atoms in total. The SMILES string of the molecule is CSc1nc(C)c2c(n1)CC(=O)CC2. The summed E-state index contributed by atoms with van der Waals surface area (Å²) in [5, 5.41) is 0.774. The molecule has 1 heterocycles. The van der Waals surface area contributed by atoms with Gasteiger partial charge in [0.2, 0.25) is 0 Å². The predicted molar refractivity (Wildman–Crippen MR) is 55.6 cm³/mol. The second kappa shape index (κ2) is 3.69. The molecule has 4 heteroatoms. The Kier molecular flexibility index (Phi) is 2.54. The van der Waals surface area contributed by atoms with Crippen LogP contribution in [0.25, 0.3) is 0 Å². The fourth-order valence-electron chi connectivity index (χ4n) is 1.73. The average molecular weight is 208 g/mol. The van der Waals surface area contributed by atoms with Crippen LogP contribution in [0.15, 0.2) is 5.16 Å². The van der Waals surface area contributed by atoms with Gasteiger partial charge in [-0.2, -0.15) is 0 Å². The molecule has 1 aromatic heterocycles. The number of hydrogen-bond acceptors (Lipinski definition) is 4. The van der Waals surface area contributed by atoms with Crippen LogP contribution in [0.4, 0.5) is 0 Å². The molecule has 0 aromatic carbocycles. The van der Waals surface area contributed by atoms with Gasteiger partial charge in [0.05, 0.1) is 5.69 Å². The Bertz CT molecular complexity index is 390. The van der Waals surface area contributed by atoms with E-state index in [4.69, 9.17) is 0 Å². The number of fused-ring (bicyclic) bond motifs is 1. The fraction of sp³-hybridized carbons (Fsp3) is 0.500. The zero-order valence-corrected chi connectivity index (χ0v) is 9.15. The van der Waals surface area contributed by atoms with Crippen molar-refractivity contribution in [2.75, 3.05) is 6.26 Å². The third-order valence-corrected chi connectivity index (χ3v) is 3.03. The summed E-state index contributed by atoms with van der Waals surface area (Å²) >= 11 is 1.52.